The average molecular weight is 611 g/mol. The Morgan fingerprint density at radius 3 is 1.52 bits per heavy atom. The van der Waals surface area contributed by atoms with Gasteiger partial charge < -0.3 is 4.57 Å². The van der Waals surface area contributed by atoms with Crippen molar-refractivity contribution in [2.24, 2.45) is 5.41 Å². The smallest absolute Gasteiger partial charge is 0.285 e. The molecule has 1 heterocycles. The van der Waals surface area contributed by atoms with Crippen molar-refractivity contribution in [2.45, 2.75) is 25.7 Å². The molecule has 0 N–H and O–H groups in total. The topological polar surface area (TPSA) is 37.4 Å². The lowest BCUT2D eigenvalue weighted by molar-refractivity contribution is -0.212. The molecule has 0 bridgehead atoms. The summed E-state index contributed by atoms with van der Waals surface area (Å²) in [6.45, 7) is 17.0. The Bertz CT molecular complexity index is 2270. The van der Waals surface area contributed by atoms with Gasteiger partial charge in [-0.15, -0.1) is 0 Å². The first kappa shape index (κ1) is 28.8. The largest absolute Gasteiger partial charge is 0.309 e. The molecular formula is C38H22F4N4. The minimum atomic E-state index is -4.19. The summed E-state index contributed by atoms with van der Waals surface area (Å²) < 4.78 is 66.7. The Kier molecular flexibility index (Phi) is 6.14. The number of nitrogens with zero attached hydrogens (tertiary/aromatic N) is 4. The van der Waals surface area contributed by atoms with Gasteiger partial charge in [0.25, 0.3) is 11.8 Å². The van der Waals surface area contributed by atoms with Gasteiger partial charge in [0.1, 0.15) is 0 Å². The van der Waals surface area contributed by atoms with Crippen molar-refractivity contribution in [3.05, 3.63) is 137 Å². The lowest BCUT2D eigenvalue weighted by Gasteiger charge is -2.32. The van der Waals surface area contributed by atoms with Crippen LogP contribution in [0.4, 0.5) is 28.9 Å². The van der Waals surface area contributed by atoms with Crippen LogP contribution >= 0.6 is 0 Å². The third-order valence-electron chi connectivity index (χ3n) is 9.16. The Labute approximate surface area is 262 Å². The second-order valence-corrected chi connectivity index (χ2v) is 11.8. The first-order valence-corrected chi connectivity index (χ1v) is 14.3. The summed E-state index contributed by atoms with van der Waals surface area (Å²) in [5, 5.41) is 11.7. The van der Waals surface area contributed by atoms with Crippen LogP contribution < -0.4 is 0 Å². The van der Waals surface area contributed by atoms with E-state index in [1.54, 1.807) is 24.3 Å². The van der Waals surface area contributed by atoms with Crippen LogP contribution in [0.5, 0.6) is 0 Å². The molecule has 0 unspecified atom stereocenters. The first-order chi connectivity index (χ1) is 22.0. The van der Waals surface area contributed by atoms with Crippen LogP contribution in [0.25, 0.3) is 59.4 Å². The molecule has 1 aromatic heterocycles. The first-order valence-electron chi connectivity index (χ1n) is 14.3. The van der Waals surface area contributed by atoms with Crippen LogP contribution in [0.1, 0.15) is 30.5 Å². The van der Waals surface area contributed by atoms with E-state index in [4.69, 9.17) is 13.1 Å². The number of rotatable bonds is 3. The van der Waals surface area contributed by atoms with Gasteiger partial charge in [0, 0.05) is 21.9 Å². The van der Waals surface area contributed by atoms with Gasteiger partial charge >= 0.3 is 0 Å². The zero-order valence-corrected chi connectivity index (χ0v) is 24.5. The van der Waals surface area contributed by atoms with E-state index in [0.29, 0.717) is 21.8 Å². The molecular weight excluding hydrogens is 588 g/mol. The Balaban J connectivity index is 1.70. The molecule has 0 spiro atoms. The van der Waals surface area contributed by atoms with Gasteiger partial charge in [-0.25, -0.2) is 27.3 Å². The number of halogens is 4. The van der Waals surface area contributed by atoms with E-state index < -0.39 is 51.0 Å². The van der Waals surface area contributed by atoms with E-state index >= 15 is 17.6 Å². The SMILES string of the molecule is [C-]#[N+]c1c(C#N)c(-n2c3ccc(-c4ccccc4)cc3c3cc(-c4ccccc4)ccc32)c2c(c1[N+]#[C-])C(F)(F)C(C)(C)C2(F)F. The van der Waals surface area contributed by atoms with Crippen LogP contribution in [-0.4, -0.2) is 4.57 Å². The highest BCUT2D eigenvalue weighted by Crippen LogP contribution is 2.69. The van der Waals surface area contributed by atoms with Gasteiger partial charge in [-0.05, 0) is 60.4 Å². The molecule has 7 rings (SSSR count). The maximum absolute atomic E-state index is 16.5. The molecule has 0 fully saturated rings. The van der Waals surface area contributed by atoms with E-state index in [-0.39, 0.29) is 0 Å². The number of hydrogen-bond donors (Lipinski definition) is 0. The number of nitriles is 1. The second kappa shape index (κ2) is 9.80. The minimum Gasteiger partial charge on any atom is -0.309 e. The average Bonchev–Trinajstić information content (AvgIpc) is 3.44. The van der Waals surface area contributed by atoms with Gasteiger partial charge in [0.15, 0.2) is 0 Å². The molecule has 6 aromatic rings. The lowest BCUT2D eigenvalue weighted by atomic mass is 9.83. The summed E-state index contributed by atoms with van der Waals surface area (Å²) in [7, 11) is 0. The quantitative estimate of drug-likeness (QED) is 0.145. The third kappa shape index (κ3) is 3.63. The molecule has 222 valence electrons. The predicted molar refractivity (Wildman–Crippen MR) is 170 cm³/mol. The molecule has 0 saturated carbocycles. The van der Waals surface area contributed by atoms with Crippen molar-refractivity contribution in [1.29, 1.82) is 5.26 Å². The molecule has 0 aliphatic heterocycles. The van der Waals surface area contributed by atoms with E-state index in [0.717, 1.165) is 36.1 Å². The summed E-state index contributed by atoms with van der Waals surface area (Å²) in [4.78, 5) is 6.46. The maximum atomic E-state index is 16.5. The molecule has 1 aliphatic rings. The molecule has 4 nitrogen and oxygen atoms in total. The minimum absolute atomic E-state index is 0.383. The monoisotopic (exact) mass is 610 g/mol. The van der Waals surface area contributed by atoms with Crippen LogP contribution in [0.15, 0.2) is 97.1 Å². The van der Waals surface area contributed by atoms with Crippen molar-refractivity contribution in [3.63, 3.8) is 0 Å². The zero-order valence-electron chi connectivity index (χ0n) is 24.5. The van der Waals surface area contributed by atoms with Gasteiger partial charge in [-0.3, -0.25) is 0 Å². The fraction of sp³-hybridized carbons (Fsp3) is 0.132. The number of fused-ring (bicyclic) bond motifs is 4. The number of hydrogen-bond acceptors (Lipinski definition) is 1. The highest BCUT2D eigenvalue weighted by molar-refractivity contribution is 6.12. The fourth-order valence-electron chi connectivity index (χ4n) is 6.58. The Morgan fingerprint density at radius 2 is 1.09 bits per heavy atom. The number of alkyl halides is 4. The van der Waals surface area contributed by atoms with Gasteiger partial charge in [-0.2, -0.15) is 5.26 Å². The molecule has 8 heteroatoms. The molecule has 0 saturated heterocycles. The third-order valence-corrected chi connectivity index (χ3v) is 9.16. The van der Waals surface area contributed by atoms with E-state index in [1.165, 1.54) is 4.57 Å². The van der Waals surface area contributed by atoms with Crippen molar-refractivity contribution in [1.82, 2.24) is 4.57 Å². The van der Waals surface area contributed by atoms with Gasteiger partial charge in [0.05, 0.1) is 46.9 Å². The van der Waals surface area contributed by atoms with Crippen molar-refractivity contribution < 1.29 is 17.6 Å². The number of aromatic nitrogens is 1. The van der Waals surface area contributed by atoms with Crippen LogP contribution in [0, 0.1) is 29.9 Å². The second-order valence-electron chi connectivity index (χ2n) is 11.8. The maximum Gasteiger partial charge on any atom is 0.285 e. The van der Waals surface area contributed by atoms with Gasteiger partial charge in [0.2, 0.25) is 11.4 Å². The summed E-state index contributed by atoms with van der Waals surface area (Å²) >= 11 is 0. The zero-order chi connectivity index (χ0) is 32.6. The predicted octanol–water partition coefficient (Wildman–Crippen LogP) is 11.3. The molecule has 1 aliphatic carbocycles. The van der Waals surface area contributed by atoms with Crippen molar-refractivity contribution in [3.8, 4) is 34.0 Å². The summed E-state index contributed by atoms with van der Waals surface area (Å²) in [5.41, 5.74) is -3.64. The molecule has 5 aromatic carbocycles. The molecule has 46 heavy (non-hydrogen) atoms. The van der Waals surface area contributed by atoms with E-state index in [9.17, 15) is 5.26 Å². The summed E-state index contributed by atoms with van der Waals surface area (Å²) in [6.07, 6.45) is 0. The van der Waals surface area contributed by atoms with E-state index in [2.05, 4.69) is 9.69 Å². The van der Waals surface area contributed by atoms with Gasteiger partial charge in [-0.1, -0.05) is 72.8 Å². The van der Waals surface area contributed by atoms with Crippen LogP contribution in [-0.2, 0) is 11.8 Å². The molecule has 0 radical (unpaired) electrons. The Hall–Kier alpha value is -5.91. The molecule has 0 amide bonds. The highest BCUT2D eigenvalue weighted by atomic mass is 19.3. The van der Waals surface area contributed by atoms with Crippen LogP contribution in [0.3, 0.4) is 0 Å². The summed E-state index contributed by atoms with van der Waals surface area (Å²) in [6, 6.07) is 31.8. The van der Waals surface area contributed by atoms with Crippen molar-refractivity contribution in [2.75, 3.05) is 0 Å². The highest BCUT2D eigenvalue weighted by Gasteiger charge is 2.72. The van der Waals surface area contributed by atoms with Crippen LogP contribution in [0.2, 0.25) is 0 Å². The Morgan fingerprint density at radius 1 is 0.630 bits per heavy atom. The normalized spacial score (nSPS) is 15.6. The standard InChI is InChI=1S/C38H22F4N4/c1-36(2)37(39,40)31-32(38(36,41)42)35(28(21-43)33(44-3)34(31)45-4)46-29-17-15-24(22-11-7-5-8-12-22)19-26(29)27-20-25(16-18-30(27)46)23-13-9-6-10-14-23/h5-20H,1-2H3. The summed E-state index contributed by atoms with van der Waals surface area (Å²) in [5.74, 6) is -8.36. The van der Waals surface area contributed by atoms with Crippen molar-refractivity contribution >= 4 is 33.2 Å². The molecule has 0 atom stereocenters. The fourth-order valence-corrected chi connectivity index (χ4v) is 6.58. The van der Waals surface area contributed by atoms with E-state index in [1.807, 2.05) is 78.9 Å². The number of benzene rings is 5. The lowest BCUT2D eigenvalue weighted by Crippen LogP contribution is -2.39.